The smallest absolute Gasteiger partial charge is 0.337 e. The van der Waals surface area contributed by atoms with Gasteiger partial charge in [0, 0.05) is 13.5 Å². The number of aromatic carboxylic acids is 1. The van der Waals surface area contributed by atoms with Gasteiger partial charge in [0.2, 0.25) is 5.91 Å². The van der Waals surface area contributed by atoms with Crippen molar-refractivity contribution in [3.05, 3.63) is 29.6 Å². The number of rotatable bonds is 4. The van der Waals surface area contributed by atoms with Crippen LogP contribution in [0.25, 0.3) is 0 Å². The highest BCUT2D eigenvalue weighted by atomic mass is 19.1. The monoisotopic (exact) mass is 239 g/mol. The molecule has 0 radical (unpaired) electrons. The molecule has 1 rings (SSSR count). The molecule has 5 heteroatoms. The standard InChI is InChI=1S/C12H14FNO3/c1-3-5-10(15)14(2)11-8(12(16)17)6-4-7-9(11)13/h4,6-7H,3,5H2,1-2H3,(H,16,17). The fraction of sp³-hybridized carbons (Fsp3) is 0.333. The second kappa shape index (κ2) is 5.43. The van der Waals surface area contributed by atoms with Crippen LogP contribution in [-0.2, 0) is 4.79 Å². The van der Waals surface area contributed by atoms with Crippen molar-refractivity contribution in [2.24, 2.45) is 0 Å². The van der Waals surface area contributed by atoms with Crippen LogP contribution in [-0.4, -0.2) is 24.0 Å². The minimum Gasteiger partial charge on any atom is -0.478 e. The van der Waals surface area contributed by atoms with E-state index in [1.165, 1.54) is 19.2 Å². The Balaban J connectivity index is 3.20. The number of hydrogen-bond acceptors (Lipinski definition) is 2. The first-order valence-corrected chi connectivity index (χ1v) is 5.27. The molecule has 1 amide bonds. The first-order chi connectivity index (χ1) is 7.99. The Labute approximate surface area is 98.7 Å². The summed E-state index contributed by atoms with van der Waals surface area (Å²) >= 11 is 0. The van der Waals surface area contributed by atoms with Gasteiger partial charge in [-0.25, -0.2) is 9.18 Å². The van der Waals surface area contributed by atoms with Crippen LogP contribution in [0.3, 0.4) is 0 Å². The minimum absolute atomic E-state index is 0.182. The highest BCUT2D eigenvalue weighted by Gasteiger charge is 2.21. The van der Waals surface area contributed by atoms with Crippen molar-refractivity contribution in [3.63, 3.8) is 0 Å². The Morgan fingerprint density at radius 2 is 2.06 bits per heavy atom. The fourth-order valence-electron chi connectivity index (χ4n) is 1.54. The predicted molar refractivity (Wildman–Crippen MR) is 61.7 cm³/mol. The van der Waals surface area contributed by atoms with Crippen molar-refractivity contribution in [2.45, 2.75) is 19.8 Å². The number of para-hydroxylation sites is 1. The van der Waals surface area contributed by atoms with E-state index in [1.807, 2.05) is 6.92 Å². The van der Waals surface area contributed by atoms with Crippen LogP contribution < -0.4 is 4.90 Å². The Bertz CT molecular complexity index is 445. The maximum Gasteiger partial charge on any atom is 0.337 e. The molecule has 0 aromatic heterocycles. The minimum atomic E-state index is -1.25. The third-order valence-electron chi connectivity index (χ3n) is 2.39. The van der Waals surface area contributed by atoms with Crippen LogP contribution in [0.2, 0.25) is 0 Å². The first-order valence-electron chi connectivity index (χ1n) is 5.27. The predicted octanol–water partition coefficient (Wildman–Crippen LogP) is 2.29. The highest BCUT2D eigenvalue weighted by Crippen LogP contribution is 2.24. The lowest BCUT2D eigenvalue weighted by atomic mass is 10.1. The van der Waals surface area contributed by atoms with E-state index in [0.29, 0.717) is 6.42 Å². The van der Waals surface area contributed by atoms with Crippen molar-refractivity contribution in [2.75, 3.05) is 11.9 Å². The quantitative estimate of drug-likeness (QED) is 0.876. The lowest BCUT2D eigenvalue weighted by molar-refractivity contribution is -0.118. The normalized spacial score (nSPS) is 10.1. The molecular weight excluding hydrogens is 225 g/mol. The summed E-state index contributed by atoms with van der Waals surface area (Å²) in [5.74, 6) is -2.27. The zero-order chi connectivity index (χ0) is 13.0. The van der Waals surface area contributed by atoms with E-state index in [0.717, 1.165) is 11.0 Å². The third-order valence-corrected chi connectivity index (χ3v) is 2.39. The summed E-state index contributed by atoms with van der Waals surface area (Å²) in [6, 6.07) is 3.72. The van der Waals surface area contributed by atoms with Crippen molar-refractivity contribution in [1.29, 1.82) is 0 Å². The van der Waals surface area contributed by atoms with E-state index in [-0.39, 0.29) is 23.6 Å². The number of carboxylic acid groups (broad SMARTS) is 1. The molecule has 0 fully saturated rings. The number of halogens is 1. The molecule has 0 unspecified atom stereocenters. The molecule has 0 spiro atoms. The highest BCUT2D eigenvalue weighted by molar-refractivity contribution is 6.01. The molecule has 0 atom stereocenters. The second-order valence-electron chi connectivity index (χ2n) is 3.64. The third kappa shape index (κ3) is 2.81. The van der Waals surface area contributed by atoms with Gasteiger partial charge in [-0.2, -0.15) is 0 Å². The van der Waals surface area contributed by atoms with Crippen molar-refractivity contribution in [3.8, 4) is 0 Å². The first kappa shape index (κ1) is 13.2. The molecule has 0 saturated heterocycles. The Hall–Kier alpha value is -1.91. The van der Waals surface area contributed by atoms with Gasteiger partial charge in [-0.1, -0.05) is 13.0 Å². The number of anilines is 1. The van der Waals surface area contributed by atoms with Gasteiger partial charge < -0.3 is 10.0 Å². The second-order valence-corrected chi connectivity index (χ2v) is 3.64. The van der Waals surface area contributed by atoms with Crippen molar-refractivity contribution >= 4 is 17.6 Å². The zero-order valence-corrected chi connectivity index (χ0v) is 9.74. The van der Waals surface area contributed by atoms with Crippen molar-refractivity contribution in [1.82, 2.24) is 0 Å². The SMILES string of the molecule is CCCC(=O)N(C)c1c(F)cccc1C(=O)O. The summed E-state index contributed by atoms with van der Waals surface area (Å²) in [6.45, 7) is 1.82. The van der Waals surface area contributed by atoms with Gasteiger partial charge in [0.1, 0.15) is 5.82 Å². The molecule has 1 aromatic carbocycles. The molecule has 92 valence electrons. The summed E-state index contributed by atoms with van der Waals surface area (Å²) in [5.41, 5.74) is -0.393. The maximum atomic E-state index is 13.6. The van der Waals surface area contributed by atoms with Gasteiger partial charge in [-0.05, 0) is 18.6 Å². The molecule has 0 aliphatic carbocycles. The van der Waals surface area contributed by atoms with E-state index in [1.54, 1.807) is 0 Å². The molecule has 0 aliphatic heterocycles. The zero-order valence-electron chi connectivity index (χ0n) is 9.74. The topological polar surface area (TPSA) is 57.6 Å². The molecular formula is C12H14FNO3. The van der Waals surface area contributed by atoms with E-state index in [9.17, 15) is 14.0 Å². The van der Waals surface area contributed by atoms with E-state index in [2.05, 4.69) is 0 Å². The lowest BCUT2D eigenvalue weighted by Gasteiger charge is -2.19. The molecule has 1 N–H and O–H groups in total. The summed E-state index contributed by atoms with van der Waals surface area (Å²) in [5, 5.41) is 8.95. The van der Waals surface area contributed by atoms with E-state index < -0.39 is 11.8 Å². The van der Waals surface area contributed by atoms with Crippen LogP contribution in [0.5, 0.6) is 0 Å². The van der Waals surface area contributed by atoms with Crippen LogP contribution in [0, 0.1) is 5.82 Å². The Morgan fingerprint density at radius 3 is 2.59 bits per heavy atom. The van der Waals surface area contributed by atoms with Crippen LogP contribution in [0.4, 0.5) is 10.1 Å². The molecule has 0 saturated carbocycles. The van der Waals surface area contributed by atoms with Crippen LogP contribution in [0.1, 0.15) is 30.1 Å². The summed E-state index contributed by atoms with van der Waals surface area (Å²) in [7, 11) is 1.38. The fourth-order valence-corrected chi connectivity index (χ4v) is 1.54. The van der Waals surface area contributed by atoms with Gasteiger partial charge in [-0.15, -0.1) is 0 Å². The summed E-state index contributed by atoms with van der Waals surface area (Å²) in [6.07, 6.45) is 0.879. The number of hydrogen-bond donors (Lipinski definition) is 1. The van der Waals surface area contributed by atoms with Crippen LogP contribution in [0.15, 0.2) is 18.2 Å². The molecule has 17 heavy (non-hydrogen) atoms. The largest absolute Gasteiger partial charge is 0.478 e. The number of carboxylic acids is 1. The Kier molecular flexibility index (Phi) is 4.20. The van der Waals surface area contributed by atoms with Gasteiger partial charge in [0.25, 0.3) is 0 Å². The molecule has 1 aromatic rings. The molecule has 4 nitrogen and oxygen atoms in total. The van der Waals surface area contributed by atoms with Gasteiger partial charge in [0.15, 0.2) is 0 Å². The number of benzene rings is 1. The molecule has 0 bridgehead atoms. The number of carbonyl (C=O) groups excluding carboxylic acids is 1. The average Bonchev–Trinajstić information content (AvgIpc) is 2.28. The number of nitrogens with zero attached hydrogens (tertiary/aromatic N) is 1. The lowest BCUT2D eigenvalue weighted by Crippen LogP contribution is -2.28. The Morgan fingerprint density at radius 1 is 1.41 bits per heavy atom. The van der Waals surface area contributed by atoms with Gasteiger partial charge >= 0.3 is 5.97 Å². The molecule has 0 aliphatic rings. The van der Waals surface area contributed by atoms with Crippen LogP contribution >= 0.6 is 0 Å². The maximum absolute atomic E-state index is 13.6. The number of amides is 1. The molecule has 0 heterocycles. The summed E-state index contributed by atoms with van der Waals surface area (Å²) < 4.78 is 13.6. The van der Waals surface area contributed by atoms with Gasteiger partial charge in [-0.3, -0.25) is 4.79 Å². The van der Waals surface area contributed by atoms with Crippen molar-refractivity contribution < 1.29 is 19.1 Å². The van der Waals surface area contributed by atoms with E-state index >= 15 is 0 Å². The number of carbonyl (C=O) groups is 2. The van der Waals surface area contributed by atoms with E-state index in [4.69, 9.17) is 5.11 Å². The van der Waals surface area contributed by atoms with Gasteiger partial charge in [0.05, 0.1) is 11.3 Å². The summed E-state index contributed by atoms with van der Waals surface area (Å²) in [4.78, 5) is 23.6. The average molecular weight is 239 g/mol.